The van der Waals surface area contributed by atoms with E-state index in [1.807, 2.05) is 0 Å². The molecule has 2 heterocycles. The number of hydrogen-bond acceptors (Lipinski definition) is 10. The maximum Gasteiger partial charge on any atom is 0.256 e. The number of amides is 1. The minimum Gasteiger partial charge on any atom is -0.366 e. The molecule has 0 aliphatic carbocycles. The SMILES string of the molecule is CS(=O)(=O)N1CCN2C(=O)c3ccccc3C2(O)CN(S(C)(=O)=O)CCN(S(C)(=O)=O)CCN(S(C)(=O)=O)CC1. The van der Waals surface area contributed by atoms with E-state index in [9.17, 15) is 43.6 Å². The van der Waals surface area contributed by atoms with Crippen molar-refractivity contribution in [3.8, 4) is 0 Å². The fourth-order valence-corrected chi connectivity index (χ4v) is 8.06. The smallest absolute Gasteiger partial charge is 0.256 e. The molecule has 0 radical (unpaired) electrons. The highest BCUT2D eigenvalue weighted by molar-refractivity contribution is 7.89. The normalized spacial score (nSPS) is 24.7. The number of fused-ring (bicyclic) bond motifs is 3. The molecule has 0 aromatic heterocycles. The summed E-state index contributed by atoms with van der Waals surface area (Å²) in [5, 5.41) is 11.9. The first-order valence-electron chi connectivity index (χ1n) is 12.1. The molecular formula is C21H35N5O10S4. The fourth-order valence-electron chi connectivity index (χ4n) is 4.75. The van der Waals surface area contributed by atoms with Gasteiger partial charge in [0, 0.05) is 63.5 Å². The van der Waals surface area contributed by atoms with Crippen LogP contribution in [0.5, 0.6) is 0 Å². The topological polar surface area (TPSA) is 190 Å². The van der Waals surface area contributed by atoms with Crippen molar-refractivity contribution in [1.29, 1.82) is 0 Å². The molecule has 19 heteroatoms. The number of carbonyl (C=O) groups excluding carboxylic acids is 1. The summed E-state index contributed by atoms with van der Waals surface area (Å²) < 4.78 is 104. The van der Waals surface area contributed by atoms with E-state index in [0.29, 0.717) is 0 Å². The molecule has 1 fully saturated rings. The van der Waals surface area contributed by atoms with Crippen molar-refractivity contribution >= 4 is 46.0 Å². The van der Waals surface area contributed by atoms with Crippen LogP contribution in [0.25, 0.3) is 0 Å². The first-order valence-corrected chi connectivity index (χ1v) is 19.5. The van der Waals surface area contributed by atoms with Crippen LogP contribution in [0.1, 0.15) is 15.9 Å². The van der Waals surface area contributed by atoms with Gasteiger partial charge in [0.25, 0.3) is 5.91 Å². The Balaban J connectivity index is 2.15. The number of β-amino-alcohol motifs (C(OH)–C–C–N with tert-alkyl or cyclic N) is 1. The summed E-state index contributed by atoms with van der Waals surface area (Å²) >= 11 is 0. The van der Waals surface area contributed by atoms with Gasteiger partial charge in [-0.2, -0.15) is 17.2 Å². The second kappa shape index (κ2) is 11.5. The summed E-state index contributed by atoms with van der Waals surface area (Å²) in [6, 6.07) is 6.04. The van der Waals surface area contributed by atoms with E-state index < -0.39 is 64.8 Å². The summed E-state index contributed by atoms with van der Waals surface area (Å²) in [5.74, 6) is -0.653. The van der Waals surface area contributed by atoms with Crippen molar-refractivity contribution in [2.24, 2.45) is 0 Å². The molecule has 0 saturated carbocycles. The Morgan fingerprint density at radius 3 is 1.35 bits per heavy atom. The van der Waals surface area contributed by atoms with Gasteiger partial charge in [-0.25, -0.2) is 33.7 Å². The van der Waals surface area contributed by atoms with Gasteiger partial charge in [0.1, 0.15) is 0 Å². The van der Waals surface area contributed by atoms with E-state index in [1.54, 1.807) is 12.1 Å². The summed E-state index contributed by atoms with van der Waals surface area (Å²) in [6.07, 6.45) is 3.58. The lowest BCUT2D eigenvalue weighted by atomic mass is 10.0. The van der Waals surface area contributed by atoms with Gasteiger partial charge in [-0.3, -0.25) is 4.79 Å². The Hall–Kier alpha value is -1.71. The lowest BCUT2D eigenvalue weighted by molar-refractivity contribution is -0.0938. The largest absolute Gasteiger partial charge is 0.366 e. The van der Waals surface area contributed by atoms with Crippen LogP contribution in [0, 0.1) is 0 Å². The average molecular weight is 646 g/mol. The van der Waals surface area contributed by atoms with E-state index in [-0.39, 0.29) is 56.9 Å². The predicted molar refractivity (Wildman–Crippen MR) is 147 cm³/mol. The van der Waals surface area contributed by atoms with Crippen molar-refractivity contribution < 1.29 is 43.6 Å². The second-order valence-corrected chi connectivity index (χ2v) is 17.8. The van der Waals surface area contributed by atoms with Gasteiger partial charge in [-0.1, -0.05) is 18.2 Å². The Kier molecular flexibility index (Phi) is 9.45. The number of carbonyl (C=O) groups is 1. The Bertz CT molecular complexity index is 1560. The molecule has 0 spiro atoms. The quantitative estimate of drug-likeness (QED) is 0.362. The summed E-state index contributed by atoms with van der Waals surface area (Å²) in [6.45, 7) is -3.37. The van der Waals surface area contributed by atoms with Gasteiger partial charge >= 0.3 is 0 Å². The second-order valence-electron chi connectivity index (χ2n) is 9.90. The molecule has 1 aromatic rings. The standard InChI is InChI=1S/C21H35N5O10S4/c1-37(29,30)22-9-10-23(38(2,31)32)13-14-25(40(4,35)36)17-21(28)19-8-6-5-7-18(19)20(27)26(21)16-15-24(12-11-22)39(3,33)34/h5-8,28H,9-17H2,1-4H3. The van der Waals surface area contributed by atoms with E-state index in [0.717, 1.165) is 47.1 Å². The highest BCUT2D eigenvalue weighted by Crippen LogP contribution is 2.38. The molecule has 1 saturated heterocycles. The van der Waals surface area contributed by atoms with Crippen molar-refractivity contribution in [3.63, 3.8) is 0 Å². The fraction of sp³-hybridized carbons (Fsp3) is 0.667. The van der Waals surface area contributed by atoms with E-state index >= 15 is 0 Å². The lowest BCUT2D eigenvalue weighted by Crippen LogP contribution is -2.55. The van der Waals surface area contributed by atoms with Crippen molar-refractivity contribution in [3.05, 3.63) is 35.4 Å². The Morgan fingerprint density at radius 1 is 0.600 bits per heavy atom. The Labute approximate surface area is 236 Å². The van der Waals surface area contributed by atoms with Crippen molar-refractivity contribution in [2.45, 2.75) is 5.72 Å². The molecule has 1 atom stereocenters. The van der Waals surface area contributed by atoms with Gasteiger partial charge in [0.15, 0.2) is 5.72 Å². The van der Waals surface area contributed by atoms with Crippen LogP contribution >= 0.6 is 0 Å². The maximum atomic E-state index is 13.4. The summed E-state index contributed by atoms with van der Waals surface area (Å²) in [4.78, 5) is 14.3. The molecule has 1 amide bonds. The monoisotopic (exact) mass is 645 g/mol. The predicted octanol–water partition coefficient (Wildman–Crippen LogP) is -2.65. The van der Waals surface area contributed by atoms with Gasteiger partial charge < -0.3 is 10.0 Å². The Morgan fingerprint density at radius 2 is 0.950 bits per heavy atom. The number of aliphatic hydroxyl groups is 1. The zero-order valence-corrected chi connectivity index (χ0v) is 25.9. The number of sulfonamides is 4. The summed E-state index contributed by atoms with van der Waals surface area (Å²) in [5.41, 5.74) is -1.98. The molecule has 2 aliphatic rings. The average Bonchev–Trinajstić information content (AvgIpc) is 2.99. The molecule has 2 aliphatic heterocycles. The first kappa shape index (κ1) is 32.8. The molecular weight excluding hydrogens is 611 g/mol. The first-order chi connectivity index (χ1) is 18.2. The number of rotatable bonds is 4. The van der Waals surface area contributed by atoms with E-state index in [1.165, 1.54) is 12.1 Å². The molecule has 1 N–H and O–H groups in total. The van der Waals surface area contributed by atoms with Crippen molar-refractivity contribution in [2.75, 3.05) is 83.9 Å². The van der Waals surface area contributed by atoms with Crippen LogP contribution in [-0.2, 0) is 45.8 Å². The number of hydrogen-bond donors (Lipinski definition) is 1. The summed E-state index contributed by atoms with van der Waals surface area (Å²) in [7, 11) is -15.8. The molecule has 1 unspecified atom stereocenters. The molecule has 228 valence electrons. The zero-order valence-electron chi connectivity index (χ0n) is 22.7. The van der Waals surface area contributed by atoms with E-state index in [4.69, 9.17) is 0 Å². The lowest BCUT2D eigenvalue weighted by Gasteiger charge is -2.38. The third kappa shape index (κ3) is 7.37. The van der Waals surface area contributed by atoms with Crippen LogP contribution < -0.4 is 0 Å². The van der Waals surface area contributed by atoms with Crippen LogP contribution in [0.2, 0.25) is 0 Å². The molecule has 15 nitrogen and oxygen atoms in total. The zero-order chi connectivity index (χ0) is 30.3. The molecule has 40 heavy (non-hydrogen) atoms. The number of benzene rings is 1. The molecule has 1 aromatic carbocycles. The third-order valence-electron chi connectivity index (χ3n) is 6.92. The van der Waals surface area contributed by atoms with E-state index in [2.05, 4.69) is 0 Å². The van der Waals surface area contributed by atoms with Gasteiger partial charge in [0.2, 0.25) is 40.1 Å². The van der Waals surface area contributed by atoms with Crippen LogP contribution in [0.3, 0.4) is 0 Å². The molecule has 0 bridgehead atoms. The van der Waals surface area contributed by atoms with Gasteiger partial charge in [-0.15, -0.1) is 0 Å². The minimum atomic E-state index is -4.07. The van der Waals surface area contributed by atoms with Gasteiger partial charge in [0.05, 0.1) is 31.6 Å². The number of nitrogens with zero attached hydrogens (tertiary/aromatic N) is 5. The van der Waals surface area contributed by atoms with Crippen LogP contribution in [-0.4, -0.2) is 151 Å². The van der Waals surface area contributed by atoms with Crippen LogP contribution in [0.15, 0.2) is 24.3 Å². The minimum absolute atomic E-state index is 0.103. The maximum absolute atomic E-state index is 13.4. The van der Waals surface area contributed by atoms with Gasteiger partial charge in [-0.05, 0) is 6.07 Å². The van der Waals surface area contributed by atoms with Crippen LogP contribution in [0.4, 0.5) is 0 Å². The highest BCUT2D eigenvalue weighted by atomic mass is 32.2. The highest BCUT2D eigenvalue weighted by Gasteiger charge is 2.50. The molecule has 3 rings (SSSR count). The van der Waals surface area contributed by atoms with Crippen molar-refractivity contribution in [1.82, 2.24) is 22.1 Å². The third-order valence-corrected chi connectivity index (χ3v) is 12.1.